The quantitative estimate of drug-likeness (QED) is 0.685. The third-order valence-corrected chi connectivity index (χ3v) is 1.63. The predicted octanol–water partition coefficient (Wildman–Crippen LogP) is 1.25. The highest BCUT2D eigenvalue weighted by Crippen LogP contribution is 2.19. The standard InChI is InChI=1S/C10H14N2O/c1-13-10-6-8(3-2-4-11)5-9(12)7-10/h2-3,5-7H,4,11-12H2,1H3. The molecule has 0 unspecified atom stereocenters. The molecule has 0 saturated carbocycles. The Bertz CT molecular complexity index is 308. The van der Waals surface area contributed by atoms with Crippen LogP contribution in [0.4, 0.5) is 5.69 Å². The van der Waals surface area contributed by atoms with Crippen LogP contribution < -0.4 is 16.2 Å². The molecule has 0 radical (unpaired) electrons. The smallest absolute Gasteiger partial charge is 0.121 e. The molecular weight excluding hydrogens is 164 g/mol. The third-order valence-electron chi connectivity index (χ3n) is 1.63. The summed E-state index contributed by atoms with van der Waals surface area (Å²) >= 11 is 0. The van der Waals surface area contributed by atoms with E-state index in [0.717, 1.165) is 11.3 Å². The Morgan fingerprint density at radius 2 is 2.15 bits per heavy atom. The van der Waals surface area contributed by atoms with Gasteiger partial charge in [0.1, 0.15) is 5.75 Å². The Hall–Kier alpha value is -1.48. The van der Waals surface area contributed by atoms with E-state index in [9.17, 15) is 0 Å². The summed E-state index contributed by atoms with van der Waals surface area (Å²) in [6.45, 7) is 0.525. The third kappa shape index (κ3) is 2.80. The van der Waals surface area contributed by atoms with Gasteiger partial charge in [0.05, 0.1) is 7.11 Å². The van der Waals surface area contributed by atoms with E-state index in [1.54, 1.807) is 13.2 Å². The van der Waals surface area contributed by atoms with Gasteiger partial charge in [-0.3, -0.25) is 0 Å². The number of ether oxygens (including phenoxy) is 1. The van der Waals surface area contributed by atoms with Gasteiger partial charge in [0, 0.05) is 18.3 Å². The summed E-state index contributed by atoms with van der Waals surface area (Å²) in [6, 6.07) is 5.55. The Kier molecular flexibility index (Phi) is 3.34. The van der Waals surface area contributed by atoms with Gasteiger partial charge in [-0.1, -0.05) is 12.2 Å². The van der Waals surface area contributed by atoms with E-state index in [4.69, 9.17) is 16.2 Å². The lowest BCUT2D eigenvalue weighted by atomic mass is 10.2. The summed E-state index contributed by atoms with van der Waals surface area (Å²) in [5.41, 5.74) is 12.7. The van der Waals surface area contributed by atoms with Crippen LogP contribution in [0.5, 0.6) is 5.75 Å². The van der Waals surface area contributed by atoms with E-state index in [1.807, 2.05) is 24.3 Å². The predicted molar refractivity (Wildman–Crippen MR) is 55.5 cm³/mol. The van der Waals surface area contributed by atoms with Gasteiger partial charge in [-0.15, -0.1) is 0 Å². The molecule has 0 aliphatic heterocycles. The lowest BCUT2D eigenvalue weighted by molar-refractivity contribution is 0.415. The zero-order valence-corrected chi connectivity index (χ0v) is 7.66. The summed E-state index contributed by atoms with van der Waals surface area (Å²) in [5, 5.41) is 0. The molecule has 70 valence electrons. The molecule has 0 spiro atoms. The Balaban J connectivity index is 2.94. The molecule has 0 aromatic heterocycles. The SMILES string of the molecule is COc1cc(N)cc(C=CCN)c1. The molecule has 0 aliphatic carbocycles. The highest BCUT2D eigenvalue weighted by atomic mass is 16.5. The normalized spacial score (nSPS) is 10.6. The fourth-order valence-corrected chi connectivity index (χ4v) is 1.06. The molecule has 0 atom stereocenters. The zero-order valence-electron chi connectivity index (χ0n) is 7.66. The van der Waals surface area contributed by atoms with Crippen molar-refractivity contribution < 1.29 is 4.74 Å². The first-order valence-corrected chi connectivity index (χ1v) is 4.07. The van der Waals surface area contributed by atoms with E-state index in [0.29, 0.717) is 12.2 Å². The second-order valence-electron chi connectivity index (χ2n) is 2.68. The van der Waals surface area contributed by atoms with Crippen LogP contribution in [0.15, 0.2) is 24.3 Å². The van der Waals surface area contributed by atoms with E-state index >= 15 is 0 Å². The average molecular weight is 178 g/mol. The molecule has 0 bridgehead atoms. The van der Waals surface area contributed by atoms with Crippen molar-refractivity contribution in [2.24, 2.45) is 5.73 Å². The molecule has 0 fully saturated rings. The second-order valence-corrected chi connectivity index (χ2v) is 2.68. The highest BCUT2D eigenvalue weighted by molar-refractivity contribution is 5.59. The fraction of sp³-hybridized carbons (Fsp3) is 0.200. The maximum absolute atomic E-state index is 5.66. The van der Waals surface area contributed by atoms with Gasteiger partial charge in [-0.2, -0.15) is 0 Å². The van der Waals surface area contributed by atoms with Crippen molar-refractivity contribution in [1.82, 2.24) is 0 Å². The zero-order chi connectivity index (χ0) is 9.68. The van der Waals surface area contributed by atoms with Crippen molar-refractivity contribution in [3.8, 4) is 5.75 Å². The van der Waals surface area contributed by atoms with Gasteiger partial charge in [-0.25, -0.2) is 0 Å². The summed E-state index contributed by atoms with van der Waals surface area (Å²) in [4.78, 5) is 0. The minimum Gasteiger partial charge on any atom is -0.497 e. The van der Waals surface area contributed by atoms with Gasteiger partial charge in [0.2, 0.25) is 0 Å². The molecule has 13 heavy (non-hydrogen) atoms. The lowest BCUT2D eigenvalue weighted by Gasteiger charge is -2.02. The van der Waals surface area contributed by atoms with Gasteiger partial charge in [0.25, 0.3) is 0 Å². The van der Waals surface area contributed by atoms with E-state index in [-0.39, 0.29) is 0 Å². The molecule has 4 N–H and O–H groups in total. The largest absolute Gasteiger partial charge is 0.497 e. The molecule has 0 heterocycles. The monoisotopic (exact) mass is 178 g/mol. The highest BCUT2D eigenvalue weighted by Gasteiger charge is 1.95. The van der Waals surface area contributed by atoms with Gasteiger partial charge in [-0.05, 0) is 17.7 Å². The van der Waals surface area contributed by atoms with E-state index in [2.05, 4.69) is 0 Å². The van der Waals surface area contributed by atoms with Crippen molar-refractivity contribution >= 4 is 11.8 Å². The molecule has 1 aromatic carbocycles. The number of methoxy groups -OCH3 is 1. The molecule has 0 saturated heterocycles. The first-order valence-electron chi connectivity index (χ1n) is 4.07. The molecule has 0 aliphatic rings. The van der Waals surface area contributed by atoms with Crippen LogP contribution in [0.1, 0.15) is 5.56 Å². The summed E-state index contributed by atoms with van der Waals surface area (Å²) in [6.07, 6.45) is 3.78. The number of anilines is 1. The van der Waals surface area contributed by atoms with Crippen molar-refractivity contribution in [3.05, 3.63) is 29.8 Å². The summed E-state index contributed by atoms with van der Waals surface area (Å²) in [5.74, 6) is 0.761. The van der Waals surface area contributed by atoms with Crippen LogP contribution in [0, 0.1) is 0 Å². The number of benzene rings is 1. The van der Waals surface area contributed by atoms with Crippen LogP contribution in [0.3, 0.4) is 0 Å². The average Bonchev–Trinajstić information content (AvgIpc) is 2.14. The van der Waals surface area contributed by atoms with E-state index < -0.39 is 0 Å². The van der Waals surface area contributed by atoms with Crippen molar-refractivity contribution in [3.63, 3.8) is 0 Å². The minimum absolute atomic E-state index is 0.525. The van der Waals surface area contributed by atoms with Crippen molar-refractivity contribution in [2.45, 2.75) is 0 Å². The number of rotatable bonds is 3. The van der Waals surface area contributed by atoms with Gasteiger partial charge < -0.3 is 16.2 Å². The van der Waals surface area contributed by atoms with Crippen LogP contribution in [0.25, 0.3) is 6.08 Å². The first kappa shape index (κ1) is 9.61. The second kappa shape index (κ2) is 4.52. The van der Waals surface area contributed by atoms with Gasteiger partial charge >= 0.3 is 0 Å². The summed E-state index contributed by atoms with van der Waals surface area (Å²) < 4.78 is 5.07. The molecule has 1 aromatic rings. The van der Waals surface area contributed by atoms with Crippen LogP contribution in [-0.2, 0) is 0 Å². The van der Waals surface area contributed by atoms with Crippen molar-refractivity contribution in [2.75, 3.05) is 19.4 Å². The first-order chi connectivity index (χ1) is 6.26. The topological polar surface area (TPSA) is 61.3 Å². The number of hydrogen-bond acceptors (Lipinski definition) is 3. The van der Waals surface area contributed by atoms with Crippen LogP contribution in [-0.4, -0.2) is 13.7 Å². The maximum atomic E-state index is 5.66. The Morgan fingerprint density at radius 3 is 2.77 bits per heavy atom. The summed E-state index contributed by atoms with van der Waals surface area (Å²) in [7, 11) is 1.62. The van der Waals surface area contributed by atoms with E-state index in [1.165, 1.54) is 0 Å². The van der Waals surface area contributed by atoms with Crippen LogP contribution >= 0.6 is 0 Å². The number of nitrogens with two attached hydrogens (primary N) is 2. The molecule has 3 heteroatoms. The Labute approximate surface area is 78.0 Å². The number of hydrogen-bond donors (Lipinski definition) is 2. The molecule has 1 rings (SSSR count). The molecule has 0 amide bonds. The lowest BCUT2D eigenvalue weighted by Crippen LogP contribution is -1.93. The van der Waals surface area contributed by atoms with Crippen molar-refractivity contribution in [1.29, 1.82) is 0 Å². The number of nitrogen functional groups attached to an aromatic ring is 1. The molecular formula is C10H14N2O. The molecule has 3 nitrogen and oxygen atoms in total. The Morgan fingerprint density at radius 1 is 1.38 bits per heavy atom. The van der Waals surface area contributed by atoms with Gasteiger partial charge in [0.15, 0.2) is 0 Å². The fourth-order valence-electron chi connectivity index (χ4n) is 1.06. The minimum atomic E-state index is 0.525. The van der Waals surface area contributed by atoms with Crippen LogP contribution in [0.2, 0.25) is 0 Å². The maximum Gasteiger partial charge on any atom is 0.121 e.